The number of piperidine rings is 1. The summed E-state index contributed by atoms with van der Waals surface area (Å²) in [6.45, 7) is 1.92. The van der Waals surface area contributed by atoms with Crippen LogP contribution in [-0.4, -0.2) is 40.0 Å². The average Bonchev–Trinajstić information content (AvgIpc) is 3.53. The van der Waals surface area contributed by atoms with Gasteiger partial charge in [-0.15, -0.1) is 22.7 Å². The van der Waals surface area contributed by atoms with Crippen molar-refractivity contribution in [2.75, 3.05) is 18.4 Å². The van der Waals surface area contributed by atoms with Crippen LogP contribution in [0, 0.1) is 0 Å². The molecule has 6 nitrogen and oxygen atoms in total. The number of carboxylic acids is 1. The summed E-state index contributed by atoms with van der Waals surface area (Å²) in [5.41, 5.74) is 2.80. The minimum atomic E-state index is -1.02. The Hall–Kier alpha value is -3.23. The summed E-state index contributed by atoms with van der Waals surface area (Å²) in [7, 11) is 0. The molecule has 0 atom stereocenters. The fraction of sp³-hybridized carbons (Fsp3) is 0.240. The van der Waals surface area contributed by atoms with E-state index in [1.54, 1.807) is 16.7 Å². The first-order chi connectivity index (χ1) is 16.1. The highest BCUT2D eigenvalue weighted by molar-refractivity contribution is 7.18. The molecule has 4 aromatic rings. The molecule has 1 saturated heterocycles. The minimum absolute atomic E-state index is 0.0603. The van der Waals surface area contributed by atoms with Crippen molar-refractivity contribution in [1.29, 1.82) is 0 Å². The highest BCUT2D eigenvalue weighted by atomic mass is 32.1. The molecule has 0 radical (unpaired) electrons. The first-order valence-corrected chi connectivity index (χ1v) is 12.6. The topological polar surface area (TPSA) is 82.5 Å². The number of hydrogen-bond acceptors (Lipinski definition) is 6. The highest BCUT2D eigenvalue weighted by Gasteiger charge is 2.28. The highest BCUT2D eigenvalue weighted by Crippen LogP contribution is 2.36. The van der Waals surface area contributed by atoms with Crippen molar-refractivity contribution in [3.05, 3.63) is 81.0 Å². The molecule has 168 valence electrons. The largest absolute Gasteiger partial charge is 0.478 e. The summed E-state index contributed by atoms with van der Waals surface area (Å²) >= 11 is 3.08. The number of thiophene rings is 2. The maximum absolute atomic E-state index is 13.5. The first kappa shape index (κ1) is 21.6. The van der Waals surface area contributed by atoms with Crippen LogP contribution in [0.15, 0.2) is 59.4 Å². The number of aromatic carboxylic acids is 1. The molecule has 1 fully saturated rings. The van der Waals surface area contributed by atoms with Crippen molar-refractivity contribution < 1.29 is 14.7 Å². The van der Waals surface area contributed by atoms with Gasteiger partial charge in [0, 0.05) is 36.1 Å². The Kier molecular flexibility index (Phi) is 6.11. The van der Waals surface area contributed by atoms with E-state index in [4.69, 9.17) is 0 Å². The van der Waals surface area contributed by atoms with E-state index in [2.05, 4.69) is 27.8 Å². The van der Waals surface area contributed by atoms with Crippen LogP contribution >= 0.6 is 22.7 Å². The molecule has 4 heterocycles. The molecular formula is C25H23N3O3S2. The van der Waals surface area contributed by atoms with Crippen LogP contribution in [0.4, 0.5) is 5.69 Å². The van der Waals surface area contributed by atoms with Gasteiger partial charge < -0.3 is 15.3 Å². The third kappa shape index (κ3) is 4.36. The number of nitrogens with zero attached hydrogens (tertiary/aromatic N) is 2. The van der Waals surface area contributed by atoms with E-state index < -0.39 is 5.97 Å². The summed E-state index contributed by atoms with van der Waals surface area (Å²) in [5, 5.41) is 16.6. The zero-order valence-corrected chi connectivity index (χ0v) is 19.5. The van der Waals surface area contributed by atoms with Crippen LogP contribution in [0.3, 0.4) is 0 Å². The number of anilines is 1. The van der Waals surface area contributed by atoms with Gasteiger partial charge in [0.1, 0.15) is 0 Å². The molecule has 1 aliphatic rings. The third-order valence-corrected chi connectivity index (χ3v) is 8.11. The van der Waals surface area contributed by atoms with Crippen molar-refractivity contribution in [3.63, 3.8) is 0 Å². The number of fused-ring (bicyclic) bond motifs is 1. The molecule has 0 aliphatic carbocycles. The normalized spacial score (nSPS) is 14.5. The molecule has 2 N–H and O–H groups in total. The van der Waals surface area contributed by atoms with Gasteiger partial charge in [0.15, 0.2) is 0 Å². The summed E-state index contributed by atoms with van der Waals surface area (Å²) in [5.74, 6) is -0.576. The number of likely N-dealkylation sites (tertiary alicyclic amines) is 1. The van der Waals surface area contributed by atoms with Gasteiger partial charge in [0.05, 0.1) is 27.0 Å². The maximum atomic E-state index is 13.5. The van der Waals surface area contributed by atoms with Gasteiger partial charge >= 0.3 is 5.97 Å². The predicted molar refractivity (Wildman–Crippen MR) is 133 cm³/mol. The molecule has 0 saturated carbocycles. The summed E-state index contributed by atoms with van der Waals surface area (Å²) in [4.78, 5) is 32.9. The van der Waals surface area contributed by atoms with Gasteiger partial charge in [-0.2, -0.15) is 0 Å². The van der Waals surface area contributed by atoms with Crippen LogP contribution < -0.4 is 5.32 Å². The van der Waals surface area contributed by atoms with E-state index in [1.807, 2.05) is 35.2 Å². The second-order valence-corrected chi connectivity index (χ2v) is 9.96. The quantitative estimate of drug-likeness (QED) is 0.373. The van der Waals surface area contributed by atoms with E-state index in [-0.39, 0.29) is 11.5 Å². The molecule has 3 aromatic heterocycles. The number of nitrogens with one attached hydrogen (secondary N) is 1. The molecule has 0 spiro atoms. The fourth-order valence-electron chi connectivity index (χ4n) is 4.31. The SMILES string of the molecule is O=C(O)c1csc2c(NCc3ccccc3)c(C(=O)N3CCC(c4cccs4)CC3)cnc12. The molecule has 1 aliphatic heterocycles. The van der Waals surface area contributed by atoms with Crippen LogP contribution in [0.5, 0.6) is 0 Å². The second-order valence-electron chi connectivity index (χ2n) is 8.10. The number of rotatable bonds is 6. The van der Waals surface area contributed by atoms with Gasteiger partial charge in [-0.05, 0) is 35.8 Å². The lowest BCUT2D eigenvalue weighted by Gasteiger charge is -2.32. The molecule has 0 bridgehead atoms. The predicted octanol–water partition coefficient (Wildman–Crippen LogP) is 5.69. The van der Waals surface area contributed by atoms with E-state index >= 15 is 0 Å². The zero-order chi connectivity index (χ0) is 22.8. The van der Waals surface area contributed by atoms with Crippen LogP contribution in [0.2, 0.25) is 0 Å². The minimum Gasteiger partial charge on any atom is -0.478 e. The Labute approximate surface area is 199 Å². The van der Waals surface area contributed by atoms with Gasteiger partial charge in [0.25, 0.3) is 5.91 Å². The lowest BCUT2D eigenvalue weighted by atomic mass is 9.95. The van der Waals surface area contributed by atoms with E-state index in [0.717, 1.165) is 18.4 Å². The van der Waals surface area contributed by atoms with Crippen molar-refractivity contribution in [3.8, 4) is 0 Å². The number of carboxylic acid groups (broad SMARTS) is 1. The molecule has 8 heteroatoms. The lowest BCUT2D eigenvalue weighted by molar-refractivity contribution is 0.0696. The lowest BCUT2D eigenvalue weighted by Crippen LogP contribution is -2.38. The Morgan fingerprint density at radius 1 is 1.06 bits per heavy atom. The maximum Gasteiger partial charge on any atom is 0.338 e. The monoisotopic (exact) mass is 477 g/mol. The standard InChI is InChI=1S/C25H23N3O3S2/c29-24(28-10-8-17(9-11-28)20-7-4-12-32-20)18-14-27-22-19(25(30)31)15-33-23(22)21(18)26-13-16-5-2-1-3-6-16/h1-7,12,14-15,17H,8-11,13H2,(H,26,27)(H,30,31). The van der Waals surface area contributed by atoms with E-state index in [1.165, 1.54) is 22.4 Å². The second kappa shape index (κ2) is 9.33. The Balaban J connectivity index is 1.43. The van der Waals surface area contributed by atoms with Crippen molar-refractivity contribution in [2.24, 2.45) is 0 Å². The van der Waals surface area contributed by atoms with Crippen molar-refractivity contribution >= 4 is 50.5 Å². The van der Waals surface area contributed by atoms with Gasteiger partial charge in [-0.1, -0.05) is 36.4 Å². The smallest absolute Gasteiger partial charge is 0.338 e. The number of hydrogen-bond donors (Lipinski definition) is 2. The number of aromatic nitrogens is 1. The van der Waals surface area contributed by atoms with Crippen LogP contribution in [0.25, 0.3) is 10.2 Å². The van der Waals surface area contributed by atoms with E-state index in [0.29, 0.717) is 47.0 Å². The van der Waals surface area contributed by atoms with Crippen LogP contribution in [0.1, 0.15) is 49.9 Å². The molecule has 0 unspecified atom stereocenters. The third-order valence-electron chi connectivity index (χ3n) is 6.08. The zero-order valence-electron chi connectivity index (χ0n) is 17.9. The van der Waals surface area contributed by atoms with E-state index in [9.17, 15) is 14.7 Å². The fourth-order valence-corrected chi connectivity index (χ4v) is 6.23. The summed E-state index contributed by atoms with van der Waals surface area (Å²) < 4.78 is 0.697. The van der Waals surface area contributed by atoms with Crippen molar-refractivity contribution in [2.45, 2.75) is 25.3 Å². The Bertz CT molecular complexity index is 1280. The molecule has 1 aromatic carbocycles. The molecular weight excluding hydrogens is 454 g/mol. The summed E-state index contributed by atoms with van der Waals surface area (Å²) in [6, 6.07) is 14.2. The summed E-state index contributed by atoms with van der Waals surface area (Å²) in [6.07, 6.45) is 3.41. The van der Waals surface area contributed by atoms with Crippen LogP contribution in [-0.2, 0) is 6.54 Å². The van der Waals surface area contributed by atoms with Gasteiger partial charge in [-0.3, -0.25) is 9.78 Å². The number of benzene rings is 1. The Morgan fingerprint density at radius 3 is 2.55 bits per heavy atom. The number of carbonyl (C=O) groups excluding carboxylic acids is 1. The first-order valence-electron chi connectivity index (χ1n) is 10.9. The Morgan fingerprint density at radius 2 is 1.85 bits per heavy atom. The number of carbonyl (C=O) groups is 2. The van der Waals surface area contributed by atoms with Gasteiger partial charge in [-0.25, -0.2) is 4.79 Å². The molecule has 1 amide bonds. The molecule has 33 heavy (non-hydrogen) atoms. The molecule has 5 rings (SSSR count). The number of amides is 1. The number of pyridine rings is 1. The van der Waals surface area contributed by atoms with Crippen molar-refractivity contribution in [1.82, 2.24) is 9.88 Å². The van der Waals surface area contributed by atoms with Gasteiger partial charge in [0.2, 0.25) is 0 Å². The average molecular weight is 478 g/mol.